The quantitative estimate of drug-likeness (QED) is 0.637. The number of amides is 1. The average Bonchev–Trinajstić information content (AvgIpc) is 2.90. The van der Waals surface area contributed by atoms with E-state index in [1.54, 1.807) is 6.33 Å². The van der Waals surface area contributed by atoms with E-state index >= 15 is 0 Å². The highest BCUT2D eigenvalue weighted by atomic mass is 16.5. The number of hydrogen-bond donors (Lipinski definition) is 1. The summed E-state index contributed by atoms with van der Waals surface area (Å²) in [7, 11) is 0. The van der Waals surface area contributed by atoms with Crippen LogP contribution in [0.15, 0.2) is 60.9 Å². The van der Waals surface area contributed by atoms with E-state index in [9.17, 15) is 4.79 Å². The number of ether oxygens (including phenoxy) is 1. The van der Waals surface area contributed by atoms with Gasteiger partial charge >= 0.3 is 0 Å². The fourth-order valence-corrected chi connectivity index (χ4v) is 4.40. The predicted octanol–water partition coefficient (Wildman–Crippen LogP) is 4.22. The number of piperidine rings is 1. The van der Waals surface area contributed by atoms with Crippen LogP contribution in [0.4, 0.5) is 17.2 Å². The van der Waals surface area contributed by atoms with Gasteiger partial charge in [0.05, 0.1) is 18.9 Å². The summed E-state index contributed by atoms with van der Waals surface area (Å²) in [6.07, 6.45) is 5.29. The monoisotopic (exact) mass is 443 g/mol. The molecule has 2 saturated heterocycles. The standard InChI is InChI=1S/C26H29N5O2/c32-26(29-22-7-9-23(10-8-22)30-13-15-33-16-14-30)21-6-4-5-20(17-21)24-18-25(28-19-27-24)31-11-2-1-3-12-31/h4-10,17-19H,1-3,11-16H2,(H,29,32). The third-order valence-corrected chi connectivity index (χ3v) is 6.25. The fourth-order valence-electron chi connectivity index (χ4n) is 4.40. The van der Waals surface area contributed by atoms with E-state index in [4.69, 9.17) is 4.74 Å². The minimum atomic E-state index is -0.138. The van der Waals surface area contributed by atoms with Crippen LogP contribution in [0.3, 0.4) is 0 Å². The third kappa shape index (κ3) is 5.14. The van der Waals surface area contributed by atoms with Gasteiger partial charge in [0.2, 0.25) is 0 Å². The van der Waals surface area contributed by atoms with Gasteiger partial charge < -0.3 is 19.9 Å². The number of carbonyl (C=O) groups is 1. The van der Waals surface area contributed by atoms with Gasteiger partial charge in [-0.15, -0.1) is 0 Å². The number of nitrogens with zero attached hydrogens (tertiary/aromatic N) is 4. The van der Waals surface area contributed by atoms with Crippen LogP contribution < -0.4 is 15.1 Å². The summed E-state index contributed by atoms with van der Waals surface area (Å²) >= 11 is 0. The Morgan fingerprint density at radius 3 is 2.42 bits per heavy atom. The van der Waals surface area contributed by atoms with Gasteiger partial charge in [0.15, 0.2) is 0 Å². The third-order valence-electron chi connectivity index (χ3n) is 6.25. The Morgan fingerprint density at radius 1 is 0.848 bits per heavy atom. The molecule has 170 valence electrons. The molecule has 0 radical (unpaired) electrons. The SMILES string of the molecule is O=C(Nc1ccc(N2CCOCC2)cc1)c1cccc(-c2cc(N3CCCCC3)ncn2)c1. The lowest BCUT2D eigenvalue weighted by molar-refractivity contribution is 0.102. The lowest BCUT2D eigenvalue weighted by Crippen LogP contribution is -2.36. The average molecular weight is 444 g/mol. The summed E-state index contributed by atoms with van der Waals surface area (Å²) in [5, 5.41) is 3.01. The zero-order valence-electron chi connectivity index (χ0n) is 18.7. The molecule has 0 unspecified atom stereocenters. The van der Waals surface area contributed by atoms with Crippen LogP contribution in [0, 0.1) is 0 Å². The smallest absolute Gasteiger partial charge is 0.255 e. The zero-order valence-corrected chi connectivity index (χ0v) is 18.7. The molecule has 0 atom stereocenters. The zero-order chi connectivity index (χ0) is 22.5. The lowest BCUT2D eigenvalue weighted by Gasteiger charge is -2.28. The molecule has 0 aliphatic carbocycles. The van der Waals surface area contributed by atoms with Gasteiger partial charge in [0.1, 0.15) is 12.1 Å². The molecule has 2 aliphatic heterocycles. The van der Waals surface area contributed by atoms with Gasteiger partial charge in [0.25, 0.3) is 5.91 Å². The minimum absolute atomic E-state index is 0.138. The number of anilines is 3. The van der Waals surface area contributed by atoms with Crippen LogP contribution in [0.2, 0.25) is 0 Å². The molecule has 1 amide bonds. The summed E-state index contributed by atoms with van der Waals surface area (Å²) in [6.45, 7) is 5.34. The number of rotatable bonds is 5. The molecule has 0 bridgehead atoms. The van der Waals surface area contributed by atoms with E-state index in [1.165, 1.54) is 19.3 Å². The molecule has 5 rings (SSSR count). The first kappa shape index (κ1) is 21.4. The van der Waals surface area contributed by atoms with Crippen molar-refractivity contribution in [3.63, 3.8) is 0 Å². The van der Waals surface area contributed by atoms with Crippen LogP contribution in [0.5, 0.6) is 0 Å². The van der Waals surface area contributed by atoms with E-state index in [2.05, 4.69) is 25.1 Å². The lowest BCUT2D eigenvalue weighted by atomic mass is 10.1. The van der Waals surface area contributed by atoms with Crippen molar-refractivity contribution >= 4 is 23.1 Å². The number of morpholine rings is 1. The molecule has 0 saturated carbocycles. The van der Waals surface area contributed by atoms with Crippen LogP contribution in [-0.4, -0.2) is 55.3 Å². The van der Waals surface area contributed by atoms with E-state index in [1.807, 2.05) is 54.6 Å². The van der Waals surface area contributed by atoms with E-state index in [0.717, 1.165) is 67.8 Å². The Balaban J connectivity index is 1.28. The minimum Gasteiger partial charge on any atom is -0.378 e. The molecule has 7 heteroatoms. The molecular weight excluding hydrogens is 414 g/mol. The van der Waals surface area contributed by atoms with E-state index in [-0.39, 0.29) is 5.91 Å². The van der Waals surface area contributed by atoms with Crippen molar-refractivity contribution in [2.45, 2.75) is 19.3 Å². The molecule has 3 heterocycles. The predicted molar refractivity (Wildman–Crippen MR) is 131 cm³/mol. The van der Waals surface area contributed by atoms with Gasteiger partial charge in [-0.1, -0.05) is 12.1 Å². The van der Waals surface area contributed by atoms with Crippen LogP contribution in [0.1, 0.15) is 29.6 Å². The van der Waals surface area contributed by atoms with Crippen molar-refractivity contribution in [1.82, 2.24) is 9.97 Å². The number of hydrogen-bond acceptors (Lipinski definition) is 6. The molecule has 0 spiro atoms. The molecule has 1 N–H and O–H groups in total. The molecule has 2 fully saturated rings. The van der Waals surface area contributed by atoms with Crippen molar-refractivity contribution in [2.24, 2.45) is 0 Å². The second kappa shape index (κ2) is 10.0. The van der Waals surface area contributed by atoms with Gasteiger partial charge in [-0.25, -0.2) is 9.97 Å². The van der Waals surface area contributed by atoms with E-state index in [0.29, 0.717) is 5.56 Å². The summed E-state index contributed by atoms with van der Waals surface area (Å²) in [5.41, 5.74) is 4.26. The van der Waals surface area contributed by atoms with Crippen LogP contribution in [0.25, 0.3) is 11.3 Å². The molecule has 2 aliphatic rings. The van der Waals surface area contributed by atoms with Crippen LogP contribution in [-0.2, 0) is 4.74 Å². The first-order valence-electron chi connectivity index (χ1n) is 11.7. The summed E-state index contributed by atoms with van der Waals surface area (Å²) in [5.74, 6) is 0.816. The molecule has 1 aromatic heterocycles. The molecule has 7 nitrogen and oxygen atoms in total. The maximum Gasteiger partial charge on any atom is 0.255 e. The second-order valence-corrected chi connectivity index (χ2v) is 8.49. The van der Waals surface area contributed by atoms with Crippen molar-refractivity contribution in [1.29, 1.82) is 0 Å². The number of benzene rings is 2. The van der Waals surface area contributed by atoms with E-state index < -0.39 is 0 Å². The van der Waals surface area contributed by atoms with Gasteiger partial charge in [-0.2, -0.15) is 0 Å². The highest BCUT2D eigenvalue weighted by Crippen LogP contribution is 2.25. The second-order valence-electron chi connectivity index (χ2n) is 8.49. The Kier molecular flexibility index (Phi) is 6.48. The summed E-state index contributed by atoms with van der Waals surface area (Å²) in [6, 6.07) is 17.6. The van der Waals surface area contributed by atoms with Crippen molar-refractivity contribution in [3.05, 3.63) is 66.5 Å². The van der Waals surface area contributed by atoms with Gasteiger partial charge in [0, 0.05) is 54.7 Å². The Hall–Kier alpha value is -3.45. The molecular formula is C26H29N5O2. The summed E-state index contributed by atoms with van der Waals surface area (Å²) < 4.78 is 5.42. The van der Waals surface area contributed by atoms with Crippen molar-refractivity contribution < 1.29 is 9.53 Å². The number of aromatic nitrogens is 2. The maximum absolute atomic E-state index is 12.9. The Labute approximate surface area is 194 Å². The fraction of sp³-hybridized carbons (Fsp3) is 0.346. The first-order chi connectivity index (χ1) is 16.3. The van der Waals surface area contributed by atoms with Crippen molar-refractivity contribution in [2.75, 3.05) is 54.5 Å². The highest BCUT2D eigenvalue weighted by Gasteiger charge is 2.15. The normalized spacial score (nSPS) is 16.5. The first-order valence-corrected chi connectivity index (χ1v) is 11.7. The summed E-state index contributed by atoms with van der Waals surface area (Å²) in [4.78, 5) is 26.4. The van der Waals surface area contributed by atoms with Crippen LogP contribution >= 0.6 is 0 Å². The Morgan fingerprint density at radius 2 is 1.64 bits per heavy atom. The Bertz CT molecular complexity index is 1090. The molecule has 3 aromatic rings. The van der Waals surface area contributed by atoms with Crippen molar-refractivity contribution in [3.8, 4) is 11.3 Å². The largest absolute Gasteiger partial charge is 0.378 e. The highest BCUT2D eigenvalue weighted by molar-refractivity contribution is 6.05. The van der Waals surface area contributed by atoms with Gasteiger partial charge in [-0.05, 0) is 55.7 Å². The number of nitrogens with one attached hydrogen (secondary N) is 1. The maximum atomic E-state index is 12.9. The topological polar surface area (TPSA) is 70.6 Å². The number of carbonyl (C=O) groups excluding carboxylic acids is 1. The molecule has 2 aromatic carbocycles. The van der Waals surface area contributed by atoms with Gasteiger partial charge in [-0.3, -0.25) is 4.79 Å². The molecule has 33 heavy (non-hydrogen) atoms.